The van der Waals surface area contributed by atoms with Gasteiger partial charge in [0.1, 0.15) is 24.9 Å². The van der Waals surface area contributed by atoms with Crippen LogP contribution in [0, 0.1) is 0 Å². The third kappa shape index (κ3) is 11.1. The summed E-state index contributed by atoms with van der Waals surface area (Å²) < 4.78 is 4.89. The molecule has 0 unspecified atom stereocenters. The summed E-state index contributed by atoms with van der Waals surface area (Å²) in [6.45, 7) is 0.164. The Morgan fingerprint density at radius 1 is 1.14 bits per heavy atom. The van der Waals surface area contributed by atoms with Crippen LogP contribution >= 0.6 is 0 Å². The summed E-state index contributed by atoms with van der Waals surface area (Å²) in [7, 11) is 0. The molecule has 8 heteroatoms. The number of carbonyl (C=O) groups excluding carboxylic acids is 4. The number of isocyanates is 1. The zero-order chi connectivity index (χ0) is 15.8. The van der Waals surface area contributed by atoms with Crippen LogP contribution in [0.3, 0.4) is 0 Å². The molecule has 21 heavy (non-hydrogen) atoms. The Labute approximate surface area is 122 Å². The number of nitrogens with zero attached hydrogens (tertiary/aromatic N) is 3. The lowest BCUT2D eigenvalue weighted by Gasteiger charge is -2.05. The second-order valence-electron chi connectivity index (χ2n) is 3.70. The maximum absolute atomic E-state index is 11.7. The fraction of sp³-hybridized carbons (Fsp3) is 0.538. The normalized spacial score (nSPS) is 11.0. The Bertz CT molecular complexity index is 439. The molecule has 0 aromatic rings. The van der Waals surface area contributed by atoms with Gasteiger partial charge < -0.3 is 14.3 Å². The summed E-state index contributed by atoms with van der Waals surface area (Å²) in [4.78, 5) is 52.8. The molecular weight excluding hydrogens is 278 g/mol. The topological polar surface area (TPSA) is 115 Å². The van der Waals surface area contributed by atoms with Gasteiger partial charge in [-0.05, 0) is 19.3 Å². The summed E-state index contributed by atoms with van der Waals surface area (Å²) in [6.07, 6.45) is 5.44. The third-order valence-electron chi connectivity index (χ3n) is 2.19. The molecule has 0 saturated carbocycles. The van der Waals surface area contributed by atoms with Crippen molar-refractivity contribution in [1.82, 2.24) is 0 Å². The first-order valence-corrected chi connectivity index (χ1v) is 6.35. The number of aliphatic imine (C=N–C) groups is 3. The predicted octanol–water partition coefficient (Wildman–Crippen LogP) is -0.0547. The molecule has 0 radical (unpaired) electrons. The van der Waals surface area contributed by atoms with Gasteiger partial charge in [0.15, 0.2) is 0 Å². The number of rotatable bonds is 12. The summed E-state index contributed by atoms with van der Waals surface area (Å²) >= 11 is 0. The van der Waals surface area contributed by atoms with E-state index in [1.807, 2.05) is 0 Å². The van der Waals surface area contributed by atoms with Crippen molar-refractivity contribution < 1.29 is 23.9 Å². The Hall–Kier alpha value is -2.47. The van der Waals surface area contributed by atoms with Crippen LogP contribution in [0.1, 0.15) is 19.3 Å². The summed E-state index contributed by atoms with van der Waals surface area (Å²) in [5, 5.41) is 0. The third-order valence-corrected chi connectivity index (χ3v) is 2.19. The van der Waals surface area contributed by atoms with Crippen molar-refractivity contribution >= 4 is 36.5 Å². The highest BCUT2D eigenvalue weighted by molar-refractivity contribution is 6.36. The molecule has 0 fully saturated rings. The van der Waals surface area contributed by atoms with E-state index in [-0.39, 0.29) is 25.4 Å². The summed E-state index contributed by atoms with van der Waals surface area (Å²) in [5.41, 5.74) is 0.154. The lowest BCUT2D eigenvalue weighted by molar-refractivity contribution is -0.134. The Kier molecular flexibility index (Phi) is 12.3. The number of carbonyl (C=O) groups is 3. The Morgan fingerprint density at radius 2 is 1.90 bits per heavy atom. The van der Waals surface area contributed by atoms with Crippen molar-refractivity contribution in [3.8, 4) is 0 Å². The highest BCUT2D eigenvalue weighted by atomic mass is 16.5. The molecule has 0 aromatic carbocycles. The monoisotopic (exact) mass is 295 g/mol. The molecule has 0 saturated heterocycles. The van der Waals surface area contributed by atoms with Gasteiger partial charge in [-0.3, -0.25) is 9.98 Å². The first kappa shape index (κ1) is 18.5. The van der Waals surface area contributed by atoms with Crippen LogP contribution in [-0.4, -0.2) is 62.8 Å². The van der Waals surface area contributed by atoms with Crippen LogP contribution in [0.25, 0.3) is 0 Å². The number of ether oxygens (including phenoxy) is 1. The SMILES string of the molecule is O=C=NCCCCC(=NCC=O)C(=O)OCC=NCC=O. The first-order chi connectivity index (χ1) is 10.3. The van der Waals surface area contributed by atoms with Crippen molar-refractivity contribution in [2.24, 2.45) is 15.0 Å². The second-order valence-corrected chi connectivity index (χ2v) is 3.70. The van der Waals surface area contributed by atoms with Crippen molar-refractivity contribution in [2.45, 2.75) is 19.3 Å². The number of aldehydes is 2. The molecule has 0 bridgehead atoms. The average molecular weight is 295 g/mol. The van der Waals surface area contributed by atoms with E-state index in [9.17, 15) is 19.2 Å². The van der Waals surface area contributed by atoms with Crippen LogP contribution < -0.4 is 0 Å². The number of hydrogen-bond donors (Lipinski definition) is 0. The quantitative estimate of drug-likeness (QED) is 0.164. The molecule has 0 aliphatic rings. The predicted molar refractivity (Wildman–Crippen MR) is 75.6 cm³/mol. The van der Waals surface area contributed by atoms with Gasteiger partial charge in [-0.1, -0.05) is 0 Å². The molecule has 114 valence electrons. The van der Waals surface area contributed by atoms with E-state index in [1.165, 1.54) is 12.3 Å². The van der Waals surface area contributed by atoms with Gasteiger partial charge in [-0.15, -0.1) is 0 Å². The highest BCUT2D eigenvalue weighted by Gasteiger charge is 2.12. The van der Waals surface area contributed by atoms with Gasteiger partial charge in [0.25, 0.3) is 0 Å². The molecule has 0 atom stereocenters. The van der Waals surface area contributed by atoms with Crippen molar-refractivity contribution in [2.75, 3.05) is 26.2 Å². The maximum Gasteiger partial charge on any atom is 0.352 e. The number of hydrogen-bond acceptors (Lipinski definition) is 8. The van der Waals surface area contributed by atoms with Crippen LogP contribution in [0.2, 0.25) is 0 Å². The summed E-state index contributed by atoms with van der Waals surface area (Å²) in [6, 6.07) is 0. The van der Waals surface area contributed by atoms with E-state index >= 15 is 0 Å². The molecule has 0 amide bonds. The van der Waals surface area contributed by atoms with E-state index < -0.39 is 5.97 Å². The molecule has 0 aliphatic heterocycles. The van der Waals surface area contributed by atoms with Gasteiger partial charge in [0, 0.05) is 6.21 Å². The standard InChI is InChI=1S/C13H17N3O5/c17-8-5-14-7-10-21-13(20)12(16-6-9-18)3-1-2-4-15-11-19/h7-9H,1-6,10H2. The second kappa shape index (κ2) is 14.0. The molecule has 0 rings (SSSR count). The zero-order valence-electron chi connectivity index (χ0n) is 11.6. The lowest BCUT2D eigenvalue weighted by Crippen LogP contribution is -2.19. The molecule has 0 heterocycles. The minimum Gasteiger partial charge on any atom is -0.455 e. The van der Waals surface area contributed by atoms with Gasteiger partial charge in [0.05, 0.1) is 19.6 Å². The maximum atomic E-state index is 11.7. The minimum atomic E-state index is -0.631. The Morgan fingerprint density at radius 3 is 2.57 bits per heavy atom. The van der Waals surface area contributed by atoms with E-state index in [0.717, 1.165) is 0 Å². The highest BCUT2D eigenvalue weighted by Crippen LogP contribution is 2.01. The van der Waals surface area contributed by atoms with E-state index in [0.29, 0.717) is 38.4 Å². The van der Waals surface area contributed by atoms with Gasteiger partial charge in [0.2, 0.25) is 6.08 Å². The Balaban J connectivity index is 4.25. The van der Waals surface area contributed by atoms with Gasteiger partial charge >= 0.3 is 5.97 Å². The fourth-order valence-electron chi connectivity index (χ4n) is 1.29. The van der Waals surface area contributed by atoms with Gasteiger partial charge in [-0.25, -0.2) is 14.6 Å². The molecule has 0 aromatic heterocycles. The fourth-order valence-corrected chi connectivity index (χ4v) is 1.29. The molecule has 0 spiro atoms. The van der Waals surface area contributed by atoms with Crippen LogP contribution in [0.4, 0.5) is 0 Å². The van der Waals surface area contributed by atoms with E-state index in [1.54, 1.807) is 0 Å². The first-order valence-electron chi connectivity index (χ1n) is 6.35. The number of esters is 1. The molecule has 8 nitrogen and oxygen atoms in total. The van der Waals surface area contributed by atoms with Crippen LogP contribution in [0.15, 0.2) is 15.0 Å². The lowest BCUT2D eigenvalue weighted by atomic mass is 10.1. The van der Waals surface area contributed by atoms with Crippen molar-refractivity contribution in [1.29, 1.82) is 0 Å². The van der Waals surface area contributed by atoms with Crippen LogP contribution in [0.5, 0.6) is 0 Å². The largest absolute Gasteiger partial charge is 0.455 e. The van der Waals surface area contributed by atoms with Crippen LogP contribution in [-0.2, 0) is 23.9 Å². The van der Waals surface area contributed by atoms with E-state index in [2.05, 4.69) is 15.0 Å². The average Bonchev–Trinajstić information content (AvgIpc) is 2.49. The molecular formula is C13H17N3O5. The van der Waals surface area contributed by atoms with E-state index in [4.69, 9.17) is 4.74 Å². The number of unbranched alkanes of at least 4 members (excludes halogenated alkanes) is 1. The molecule has 0 N–H and O–H groups in total. The minimum absolute atomic E-state index is 0.0148. The van der Waals surface area contributed by atoms with Gasteiger partial charge in [-0.2, -0.15) is 0 Å². The van der Waals surface area contributed by atoms with Crippen molar-refractivity contribution in [3.63, 3.8) is 0 Å². The van der Waals surface area contributed by atoms with Crippen molar-refractivity contribution in [3.05, 3.63) is 0 Å². The molecule has 0 aliphatic carbocycles. The zero-order valence-corrected chi connectivity index (χ0v) is 11.6. The summed E-state index contributed by atoms with van der Waals surface area (Å²) in [5.74, 6) is -0.631. The smallest absolute Gasteiger partial charge is 0.352 e.